The predicted molar refractivity (Wildman–Crippen MR) is 85.2 cm³/mol. The number of benzene rings is 1. The molecule has 0 radical (unpaired) electrons. The van der Waals surface area contributed by atoms with Crippen LogP contribution in [0.1, 0.15) is 38.5 Å². The highest BCUT2D eigenvalue weighted by Crippen LogP contribution is 2.30. The summed E-state index contributed by atoms with van der Waals surface area (Å²) in [4.78, 5) is 14.1. The van der Waals surface area contributed by atoms with Crippen LogP contribution in [0.15, 0.2) is 24.3 Å². The third-order valence-corrected chi connectivity index (χ3v) is 4.57. The number of rotatable bonds is 4. The fraction of sp³-hybridized carbons (Fsp3) is 0.588. The second-order valence-corrected chi connectivity index (χ2v) is 6.12. The predicted octanol–water partition coefficient (Wildman–Crippen LogP) is 3.00. The van der Waals surface area contributed by atoms with Crippen molar-refractivity contribution in [1.29, 1.82) is 0 Å². The van der Waals surface area contributed by atoms with E-state index in [-0.39, 0.29) is 24.8 Å². The molecule has 5 heteroatoms. The van der Waals surface area contributed by atoms with Gasteiger partial charge in [-0.25, -0.2) is 4.79 Å². The minimum absolute atomic E-state index is 0.0215. The van der Waals surface area contributed by atoms with E-state index in [0.29, 0.717) is 12.2 Å². The van der Waals surface area contributed by atoms with Crippen molar-refractivity contribution in [3.8, 4) is 5.75 Å². The Bertz CT molecular complexity index is 514. The quantitative estimate of drug-likeness (QED) is 0.899. The number of ether oxygens (including phenoxy) is 1. The van der Waals surface area contributed by atoms with Gasteiger partial charge in [0.25, 0.3) is 0 Å². The number of hydrogen-bond acceptors (Lipinski definition) is 3. The zero-order chi connectivity index (χ0) is 15.4. The third-order valence-electron chi connectivity index (χ3n) is 4.57. The van der Waals surface area contributed by atoms with Crippen LogP contribution in [0.25, 0.3) is 0 Å². The number of aliphatic hydroxyl groups is 1. The molecule has 1 aliphatic carbocycles. The second kappa shape index (κ2) is 7.01. The number of aliphatic hydroxyl groups excluding tert-OH is 1. The van der Waals surface area contributed by atoms with E-state index in [4.69, 9.17) is 4.74 Å². The molecule has 2 amide bonds. The van der Waals surface area contributed by atoms with Crippen molar-refractivity contribution >= 4 is 11.7 Å². The highest BCUT2D eigenvalue weighted by molar-refractivity contribution is 5.91. The van der Waals surface area contributed by atoms with Crippen LogP contribution in [0, 0.1) is 0 Å². The summed E-state index contributed by atoms with van der Waals surface area (Å²) < 4.78 is 6.04. The van der Waals surface area contributed by atoms with E-state index in [1.807, 2.05) is 24.3 Å². The molecule has 0 bridgehead atoms. The molecule has 22 heavy (non-hydrogen) atoms. The summed E-state index contributed by atoms with van der Waals surface area (Å²) in [6.45, 7) is 0.719. The summed E-state index contributed by atoms with van der Waals surface area (Å²) >= 11 is 0. The molecule has 1 heterocycles. The van der Waals surface area contributed by atoms with E-state index in [2.05, 4.69) is 5.32 Å². The number of nitrogens with zero attached hydrogens (tertiary/aromatic N) is 1. The minimum Gasteiger partial charge on any atom is -0.488 e. The highest BCUT2D eigenvalue weighted by Gasteiger charge is 2.28. The molecule has 1 atom stereocenters. The van der Waals surface area contributed by atoms with Crippen LogP contribution in [0.3, 0.4) is 0 Å². The van der Waals surface area contributed by atoms with Crippen molar-refractivity contribution < 1.29 is 14.6 Å². The monoisotopic (exact) mass is 304 g/mol. The van der Waals surface area contributed by atoms with Gasteiger partial charge in [-0.05, 0) is 50.7 Å². The Kier molecular flexibility index (Phi) is 4.83. The normalized spacial score (nSPS) is 22.0. The average molecular weight is 304 g/mol. The smallest absolute Gasteiger partial charge is 0.322 e. The van der Waals surface area contributed by atoms with Gasteiger partial charge in [-0.1, -0.05) is 12.1 Å². The topological polar surface area (TPSA) is 61.8 Å². The number of likely N-dealkylation sites (tertiary alicyclic amines) is 1. The molecule has 1 saturated carbocycles. The first-order chi connectivity index (χ1) is 10.8. The Morgan fingerprint density at radius 2 is 2.00 bits per heavy atom. The lowest BCUT2D eigenvalue weighted by molar-refractivity contribution is 0.166. The van der Waals surface area contributed by atoms with Gasteiger partial charge in [0.05, 0.1) is 24.4 Å². The summed E-state index contributed by atoms with van der Waals surface area (Å²) in [7, 11) is 0. The molecule has 1 aromatic rings. The van der Waals surface area contributed by atoms with E-state index in [1.165, 1.54) is 12.8 Å². The number of para-hydroxylation sites is 2. The number of urea groups is 1. The molecule has 1 aliphatic heterocycles. The number of carbonyl (C=O) groups excluding carboxylic acids is 1. The van der Waals surface area contributed by atoms with Crippen LogP contribution in [0.2, 0.25) is 0 Å². The van der Waals surface area contributed by atoms with Crippen LogP contribution >= 0.6 is 0 Å². The lowest BCUT2D eigenvalue weighted by atomic mass is 10.2. The molecule has 1 aromatic carbocycles. The molecule has 5 nitrogen and oxygen atoms in total. The molecular weight excluding hydrogens is 280 g/mol. The highest BCUT2D eigenvalue weighted by atomic mass is 16.5. The van der Waals surface area contributed by atoms with Gasteiger partial charge in [-0.2, -0.15) is 0 Å². The Hall–Kier alpha value is -1.75. The maximum absolute atomic E-state index is 12.4. The third kappa shape index (κ3) is 3.35. The van der Waals surface area contributed by atoms with Crippen LogP contribution in [-0.4, -0.2) is 41.3 Å². The van der Waals surface area contributed by atoms with Gasteiger partial charge in [0.2, 0.25) is 0 Å². The first-order valence-corrected chi connectivity index (χ1v) is 8.22. The van der Waals surface area contributed by atoms with Gasteiger partial charge in [0, 0.05) is 6.54 Å². The van der Waals surface area contributed by atoms with Crippen molar-refractivity contribution in [3.05, 3.63) is 24.3 Å². The maximum Gasteiger partial charge on any atom is 0.322 e. The first kappa shape index (κ1) is 15.2. The number of nitrogens with one attached hydrogen (secondary N) is 1. The fourth-order valence-electron chi connectivity index (χ4n) is 3.34. The Morgan fingerprint density at radius 3 is 2.77 bits per heavy atom. The summed E-state index contributed by atoms with van der Waals surface area (Å²) in [6, 6.07) is 7.37. The molecule has 0 aromatic heterocycles. The zero-order valence-electron chi connectivity index (χ0n) is 12.8. The van der Waals surface area contributed by atoms with Gasteiger partial charge in [0.15, 0.2) is 0 Å². The molecule has 1 unspecified atom stereocenters. The molecular formula is C17H24N2O3. The van der Waals surface area contributed by atoms with Crippen molar-refractivity contribution in [1.82, 2.24) is 4.90 Å². The zero-order valence-corrected chi connectivity index (χ0v) is 12.8. The summed E-state index contributed by atoms with van der Waals surface area (Å²) in [6.07, 6.45) is 6.66. The van der Waals surface area contributed by atoms with Crippen molar-refractivity contribution in [2.75, 3.05) is 18.5 Å². The maximum atomic E-state index is 12.4. The Morgan fingerprint density at radius 1 is 1.23 bits per heavy atom. The van der Waals surface area contributed by atoms with Crippen molar-refractivity contribution in [2.24, 2.45) is 0 Å². The lowest BCUT2D eigenvalue weighted by Gasteiger charge is -2.24. The van der Waals surface area contributed by atoms with E-state index in [1.54, 1.807) is 4.90 Å². The molecule has 1 saturated heterocycles. The lowest BCUT2D eigenvalue weighted by Crippen LogP contribution is -2.40. The van der Waals surface area contributed by atoms with Crippen LogP contribution < -0.4 is 10.1 Å². The molecule has 2 N–H and O–H groups in total. The van der Waals surface area contributed by atoms with Gasteiger partial charge < -0.3 is 20.1 Å². The van der Waals surface area contributed by atoms with E-state index >= 15 is 0 Å². The van der Waals surface area contributed by atoms with Gasteiger partial charge in [0.1, 0.15) is 5.75 Å². The van der Waals surface area contributed by atoms with Crippen LogP contribution in [-0.2, 0) is 0 Å². The van der Waals surface area contributed by atoms with Gasteiger partial charge in [-0.15, -0.1) is 0 Å². The number of amides is 2. The number of hydrogen-bond donors (Lipinski definition) is 2. The van der Waals surface area contributed by atoms with E-state index in [0.717, 1.165) is 31.4 Å². The Labute approximate surface area is 131 Å². The summed E-state index contributed by atoms with van der Waals surface area (Å²) in [5.74, 6) is 0.738. The fourth-order valence-corrected chi connectivity index (χ4v) is 3.34. The van der Waals surface area contributed by atoms with E-state index < -0.39 is 0 Å². The molecule has 120 valence electrons. The summed E-state index contributed by atoms with van der Waals surface area (Å²) in [5.41, 5.74) is 0.711. The second-order valence-electron chi connectivity index (χ2n) is 6.12. The minimum atomic E-state index is -0.154. The number of carbonyl (C=O) groups is 1. The first-order valence-electron chi connectivity index (χ1n) is 8.22. The molecule has 3 rings (SSSR count). The van der Waals surface area contributed by atoms with Crippen molar-refractivity contribution in [2.45, 2.75) is 50.7 Å². The van der Waals surface area contributed by atoms with Crippen molar-refractivity contribution in [3.63, 3.8) is 0 Å². The molecule has 0 spiro atoms. The van der Waals surface area contributed by atoms with Gasteiger partial charge in [-0.3, -0.25) is 0 Å². The van der Waals surface area contributed by atoms with Crippen LogP contribution in [0.4, 0.5) is 10.5 Å². The van der Waals surface area contributed by atoms with Crippen LogP contribution in [0.5, 0.6) is 5.75 Å². The summed E-state index contributed by atoms with van der Waals surface area (Å²) in [5, 5.41) is 12.3. The molecule has 2 fully saturated rings. The standard InChI is InChI=1S/C17H24N2O3/c20-12-13-6-5-11-19(13)17(21)18-15-9-3-4-10-16(15)22-14-7-1-2-8-14/h3-4,9-10,13-14,20H,1-2,5-8,11-12H2,(H,18,21). The van der Waals surface area contributed by atoms with E-state index in [9.17, 15) is 9.90 Å². The molecule has 2 aliphatic rings. The average Bonchev–Trinajstić information content (AvgIpc) is 3.20. The Balaban J connectivity index is 1.67. The SMILES string of the molecule is O=C(Nc1ccccc1OC1CCCC1)N1CCCC1CO. The largest absolute Gasteiger partial charge is 0.488 e. The number of anilines is 1. The van der Waals surface area contributed by atoms with Gasteiger partial charge >= 0.3 is 6.03 Å².